The number of primary amides is 1. The van der Waals surface area contributed by atoms with E-state index < -0.39 is 21.9 Å². The molecule has 0 fully saturated rings. The van der Waals surface area contributed by atoms with Crippen molar-refractivity contribution >= 4 is 16.1 Å². The Labute approximate surface area is 121 Å². The minimum Gasteiger partial charge on any atom is -0.448 e. The zero-order chi connectivity index (χ0) is 15.9. The molecule has 1 aromatic carbocycles. The third-order valence-corrected chi connectivity index (χ3v) is 3.71. The van der Waals surface area contributed by atoms with Crippen LogP contribution < -0.4 is 16.2 Å². The van der Waals surface area contributed by atoms with Gasteiger partial charge in [-0.3, -0.25) is 0 Å². The van der Waals surface area contributed by atoms with Gasteiger partial charge in [0.25, 0.3) is 0 Å². The van der Waals surface area contributed by atoms with E-state index in [1.54, 1.807) is 0 Å². The fourth-order valence-corrected chi connectivity index (χ4v) is 2.54. The Bertz CT molecular complexity index is 679. The van der Waals surface area contributed by atoms with E-state index in [-0.39, 0.29) is 30.2 Å². The van der Waals surface area contributed by atoms with Gasteiger partial charge < -0.3 is 16.2 Å². The van der Waals surface area contributed by atoms with Gasteiger partial charge in [-0.2, -0.15) is 0 Å². The maximum atomic E-state index is 13.2. The molecule has 0 aliphatic heterocycles. The number of nitrogens with two attached hydrogens (primary N) is 2. The number of ether oxygens (including phenoxy) is 1. The van der Waals surface area contributed by atoms with Gasteiger partial charge in [0.2, 0.25) is 10.0 Å². The number of benzene rings is 1. The highest BCUT2D eigenvalue weighted by molar-refractivity contribution is 7.89. The lowest BCUT2D eigenvalue weighted by molar-refractivity contribution is 0.159. The molecule has 1 rings (SSSR count). The smallest absolute Gasteiger partial charge is 0.404 e. The maximum Gasteiger partial charge on any atom is 0.404 e. The van der Waals surface area contributed by atoms with Crippen LogP contribution in [0.2, 0.25) is 0 Å². The highest BCUT2D eigenvalue weighted by Gasteiger charge is 2.18. The number of carbonyl (C=O) groups excluding carboxylic acids is 1. The van der Waals surface area contributed by atoms with Crippen LogP contribution in [0.4, 0.5) is 9.18 Å². The largest absolute Gasteiger partial charge is 0.448 e. The summed E-state index contributed by atoms with van der Waals surface area (Å²) in [7, 11) is -3.93. The van der Waals surface area contributed by atoms with E-state index in [0.29, 0.717) is 0 Å². The Morgan fingerprint density at radius 3 is 2.76 bits per heavy atom. The summed E-state index contributed by atoms with van der Waals surface area (Å²) in [6.07, 6.45) is -1.01. The first-order valence-electron chi connectivity index (χ1n) is 5.77. The van der Waals surface area contributed by atoms with Crippen molar-refractivity contribution in [3.63, 3.8) is 0 Å². The fourth-order valence-electron chi connectivity index (χ4n) is 1.39. The molecule has 0 unspecified atom stereocenters. The molecule has 0 heterocycles. The maximum absolute atomic E-state index is 13.2. The predicted octanol–water partition coefficient (Wildman–Crippen LogP) is -0.490. The molecule has 5 N–H and O–H groups in total. The molecule has 1 amide bonds. The van der Waals surface area contributed by atoms with Crippen molar-refractivity contribution in [2.75, 3.05) is 19.7 Å². The lowest BCUT2D eigenvalue weighted by atomic mass is 10.2. The molecule has 0 radical (unpaired) electrons. The van der Waals surface area contributed by atoms with Crippen molar-refractivity contribution in [2.24, 2.45) is 11.5 Å². The summed E-state index contributed by atoms with van der Waals surface area (Å²) >= 11 is 0. The van der Waals surface area contributed by atoms with Gasteiger partial charge in [0, 0.05) is 12.1 Å². The van der Waals surface area contributed by atoms with E-state index in [0.717, 1.165) is 18.2 Å². The Hall–Kier alpha value is -2.15. The molecule has 0 atom stereocenters. The third-order valence-electron chi connectivity index (χ3n) is 2.19. The third kappa shape index (κ3) is 5.39. The molecular weight excluding hydrogens is 301 g/mol. The van der Waals surface area contributed by atoms with Crippen LogP contribution in [-0.2, 0) is 14.8 Å². The lowest BCUT2D eigenvalue weighted by Crippen LogP contribution is -2.29. The summed E-state index contributed by atoms with van der Waals surface area (Å²) in [5, 5.41) is 0. The summed E-state index contributed by atoms with van der Waals surface area (Å²) in [6, 6.07) is 3.09. The van der Waals surface area contributed by atoms with Gasteiger partial charge >= 0.3 is 6.09 Å². The van der Waals surface area contributed by atoms with Crippen LogP contribution in [-0.4, -0.2) is 34.2 Å². The average Bonchev–Trinajstić information content (AvgIpc) is 2.41. The van der Waals surface area contributed by atoms with Gasteiger partial charge in [-0.1, -0.05) is 11.8 Å². The fraction of sp³-hybridized carbons (Fsp3) is 0.250. The number of hydrogen-bond donors (Lipinski definition) is 3. The average molecular weight is 315 g/mol. The first kappa shape index (κ1) is 16.9. The zero-order valence-electron chi connectivity index (χ0n) is 10.9. The molecule has 9 heteroatoms. The monoisotopic (exact) mass is 315 g/mol. The summed E-state index contributed by atoms with van der Waals surface area (Å²) in [4.78, 5) is 10.2. The standard InChI is InChI=1S/C12H14FN3O4S/c13-10-3-4-11(9(8-10)2-1-5-14)21(18,19)16-6-7-20-12(15)17/h3-4,8,16H,5-7,14H2,(H2,15,17). The van der Waals surface area contributed by atoms with Crippen molar-refractivity contribution in [1.82, 2.24) is 4.72 Å². The lowest BCUT2D eigenvalue weighted by Gasteiger charge is -2.08. The van der Waals surface area contributed by atoms with E-state index >= 15 is 0 Å². The Morgan fingerprint density at radius 1 is 1.43 bits per heavy atom. The number of nitrogens with one attached hydrogen (secondary N) is 1. The number of halogens is 1. The van der Waals surface area contributed by atoms with E-state index in [9.17, 15) is 17.6 Å². The quantitative estimate of drug-likeness (QED) is 0.499. The topological polar surface area (TPSA) is 125 Å². The van der Waals surface area contributed by atoms with Crippen molar-refractivity contribution in [2.45, 2.75) is 4.90 Å². The van der Waals surface area contributed by atoms with Crippen LogP contribution in [0.1, 0.15) is 5.56 Å². The molecule has 21 heavy (non-hydrogen) atoms. The Morgan fingerprint density at radius 2 is 2.14 bits per heavy atom. The summed E-state index contributed by atoms with van der Waals surface area (Å²) in [6.45, 7) is -0.387. The summed E-state index contributed by atoms with van der Waals surface area (Å²) < 4.78 is 43.9. The second-order valence-corrected chi connectivity index (χ2v) is 5.45. The van der Waals surface area contributed by atoms with Gasteiger partial charge in [0.15, 0.2) is 0 Å². The predicted molar refractivity (Wildman–Crippen MR) is 73.1 cm³/mol. The normalized spacial score (nSPS) is 10.6. The van der Waals surface area contributed by atoms with E-state index in [2.05, 4.69) is 21.3 Å². The van der Waals surface area contributed by atoms with Crippen LogP contribution in [0, 0.1) is 17.7 Å². The molecular formula is C12H14FN3O4S. The highest BCUT2D eigenvalue weighted by atomic mass is 32.2. The molecule has 0 aliphatic rings. The zero-order valence-corrected chi connectivity index (χ0v) is 11.7. The minimum atomic E-state index is -3.93. The van der Waals surface area contributed by atoms with Gasteiger partial charge in [-0.25, -0.2) is 22.3 Å². The van der Waals surface area contributed by atoms with E-state index in [1.807, 2.05) is 0 Å². The van der Waals surface area contributed by atoms with E-state index in [1.165, 1.54) is 0 Å². The second kappa shape index (κ2) is 7.58. The molecule has 7 nitrogen and oxygen atoms in total. The van der Waals surface area contributed by atoms with Crippen molar-refractivity contribution in [1.29, 1.82) is 0 Å². The van der Waals surface area contributed by atoms with Crippen LogP contribution in [0.3, 0.4) is 0 Å². The van der Waals surface area contributed by atoms with Crippen LogP contribution >= 0.6 is 0 Å². The van der Waals surface area contributed by atoms with Gasteiger partial charge in [-0.15, -0.1) is 0 Å². The highest BCUT2D eigenvalue weighted by Crippen LogP contribution is 2.16. The number of rotatable bonds is 5. The van der Waals surface area contributed by atoms with Crippen molar-refractivity contribution in [3.05, 3.63) is 29.6 Å². The number of carbonyl (C=O) groups is 1. The van der Waals surface area contributed by atoms with Gasteiger partial charge in [0.05, 0.1) is 11.4 Å². The molecule has 0 bridgehead atoms. The summed E-state index contributed by atoms with van der Waals surface area (Å²) in [5.74, 6) is 4.33. The Balaban J connectivity index is 2.94. The van der Waals surface area contributed by atoms with Crippen molar-refractivity contribution < 1.29 is 22.3 Å². The van der Waals surface area contributed by atoms with E-state index in [4.69, 9.17) is 11.5 Å². The molecule has 1 aromatic rings. The van der Waals surface area contributed by atoms with Gasteiger partial charge in [-0.05, 0) is 18.2 Å². The molecule has 114 valence electrons. The molecule has 0 saturated heterocycles. The van der Waals surface area contributed by atoms with Crippen LogP contribution in [0.5, 0.6) is 0 Å². The molecule has 0 saturated carbocycles. The first-order chi connectivity index (χ1) is 9.86. The summed E-state index contributed by atoms with van der Waals surface area (Å²) in [5.41, 5.74) is 9.94. The van der Waals surface area contributed by atoms with Crippen LogP contribution in [0.15, 0.2) is 23.1 Å². The SMILES string of the molecule is NCC#Cc1cc(F)ccc1S(=O)(=O)NCCOC(N)=O. The number of sulfonamides is 1. The van der Waals surface area contributed by atoms with Crippen molar-refractivity contribution in [3.8, 4) is 11.8 Å². The second-order valence-electron chi connectivity index (χ2n) is 3.71. The Kier molecular flexibility index (Phi) is 6.10. The minimum absolute atomic E-state index is 0.00980. The molecule has 0 aromatic heterocycles. The van der Waals surface area contributed by atoms with Crippen LogP contribution in [0.25, 0.3) is 0 Å². The van der Waals surface area contributed by atoms with Gasteiger partial charge in [0.1, 0.15) is 12.4 Å². The number of hydrogen-bond acceptors (Lipinski definition) is 5. The number of amides is 1. The molecule has 0 aliphatic carbocycles. The molecule has 0 spiro atoms. The first-order valence-corrected chi connectivity index (χ1v) is 7.25.